The molecule has 1 aromatic carbocycles. The van der Waals surface area contributed by atoms with Crippen LogP contribution in [0.3, 0.4) is 0 Å². The first kappa shape index (κ1) is 11.7. The molecule has 94 valence electrons. The van der Waals surface area contributed by atoms with Gasteiger partial charge in [0.05, 0.1) is 16.7 Å². The van der Waals surface area contributed by atoms with Crippen molar-refractivity contribution in [3.8, 4) is 0 Å². The number of nitrogens with one attached hydrogen (secondary N) is 1. The highest BCUT2D eigenvalue weighted by Gasteiger charge is 2.16. The Morgan fingerprint density at radius 1 is 1.39 bits per heavy atom. The van der Waals surface area contributed by atoms with Gasteiger partial charge < -0.3 is 9.88 Å². The molecule has 0 saturated carbocycles. The zero-order chi connectivity index (χ0) is 12.9. The smallest absolute Gasteiger partial charge is 0.215 e. The molecule has 0 aliphatic heterocycles. The lowest BCUT2D eigenvalue weighted by atomic mass is 10.2. The fourth-order valence-corrected chi connectivity index (χ4v) is 3.10. The lowest BCUT2D eigenvalue weighted by Crippen LogP contribution is -2.09. The third kappa shape index (κ3) is 1.51. The first-order chi connectivity index (χ1) is 8.63. The predicted molar refractivity (Wildman–Crippen MR) is 76.9 cm³/mol. The van der Waals surface area contributed by atoms with Crippen molar-refractivity contribution < 1.29 is 0 Å². The summed E-state index contributed by atoms with van der Waals surface area (Å²) in [7, 11) is 4.00. The fraction of sp³-hybridized carbons (Fsp3) is 0.308. The molecule has 2 heterocycles. The summed E-state index contributed by atoms with van der Waals surface area (Å²) in [5, 5.41) is 3.18. The molecule has 18 heavy (non-hydrogen) atoms. The zero-order valence-corrected chi connectivity index (χ0v) is 12.2. The molecule has 5 heteroatoms. The molecule has 1 N–H and O–H groups in total. The number of imidazole rings is 2. The van der Waals surface area contributed by atoms with Crippen molar-refractivity contribution in [2.45, 2.75) is 13.5 Å². The minimum Gasteiger partial charge on any atom is -0.315 e. The average molecular weight is 307 g/mol. The molecule has 0 unspecified atom stereocenters. The number of benzene rings is 1. The standard InChI is InChI=1S/C13H15BrN4/c1-8-4-5-10-9(6-8)16-13-17(3)11(7-15-2)12(14)18(10)13/h4-6,15H,7H2,1-3H3. The Morgan fingerprint density at radius 3 is 2.89 bits per heavy atom. The third-order valence-electron chi connectivity index (χ3n) is 3.28. The van der Waals surface area contributed by atoms with Crippen LogP contribution < -0.4 is 5.32 Å². The minimum absolute atomic E-state index is 0.813. The van der Waals surface area contributed by atoms with E-state index in [1.165, 1.54) is 11.3 Å². The van der Waals surface area contributed by atoms with Gasteiger partial charge in [-0.25, -0.2) is 4.98 Å². The van der Waals surface area contributed by atoms with Crippen molar-refractivity contribution in [3.05, 3.63) is 34.1 Å². The van der Waals surface area contributed by atoms with E-state index in [0.717, 1.165) is 28.0 Å². The molecular weight excluding hydrogens is 292 g/mol. The van der Waals surface area contributed by atoms with Crippen molar-refractivity contribution in [3.63, 3.8) is 0 Å². The van der Waals surface area contributed by atoms with Crippen molar-refractivity contribution in [1.29, 1.82) is 0 Å². The summed E-state index contributed by atoms with van der Waals surface area (Å²) in [6.45, 7) is 2.90. The molecule has 0 atom stereocenters. The second-order valence-electron chi connectivity index (χ2n) is 4.57. The van der Waals surface area contributed by atoms with Crippen molar-refractivity contribution >= 4 is 32.7 Å². The van der Waals surface area contributed by atoms with E-state index in [9.17, 15) is 0 Å². The van der Waals surface area contributed by atoms with E-state index in [1.807, 2.05) is 14.1 Å². The van der Waals surface area contributed by atoms with Crippen LogP contribution in [0.2, 0.25) is 0 Å². The monoisotopic (exact) mass is 306 g/mol. The number of fused-ring (bicyclic) bond motifs is 3. The van der Waals surface area contributed by atoms with Gasteiger partial charge in [-0.05, 0) is 47.6 Å². The van der Waals surface area contributed by atoms with Crippen LogP contribution >= 0.6 is 15.9 Å². The second-order valence-corrected chi connectivity index (χ2v) is 5.32. The Hall–Kier alpha value is -1.33. The summed E-state index contributed by atoms with van der Waals surface area (Å²) in [5.41, 5.74) is 4.61. The van der Waals surface area contributed by atoms with Gasteiger partial charge in [0.2, 0.25) is 5.78 Å². The van der Waals surface area contributed by atoms with Crippen molar-refractivity contribution in [1.82, 2.24) is 19.3 Å². The van der Waals surface area contributed by atoms with E-state index in [-0.39, 0.29) is 0 Å². The quantitative estimate of drug-likeness (QED) is 0.790. The van der Waals surface area contributed by atoms with Crippen LogP contribution in [0.25, 0.3) is 16.8 Å². The Labute approximate surface area is 114 Å². The summed E-state index contributed by atoms with van der Waals surface area (Å²) in [6.07, 6.45) is 0. The molecule has 0 bridgehead atoms. The topological polar surface area (TPSA) is 34.3 Å². The highest BCUT2D eigenvalue weighted by Crippen LogP contribution is 2.27. The van der Waals surface area contributed by atoms with Gasteiger partial charge in [0, 0.05) is 13.6 Å². The van der Waals surface area contributed by atoms with Crippen LogP contribution in [-0.4, -0.2) is 21.0 Å². The lowest BCUT2D eigenvalue weighted by Gasteiger charge is -2.02. The maximum atomic E-state index is 4.71. The van der Waals surface area contributed by atoms with Gasteiger partial charge in [-0.15, -0.1) is 0 Å². The van der Waals surface area contributed by atoms with Gasteiger partial charge in [-0.2, -0.15) is 0 Å². The van der Waals surface area contributed by atoms with Crippen molar-refractivity contribution in [2.24, 2.45) is 7.05 Å². The van der Waals surface area contributed by atoms with Gasteiger partial charge in [-0.1, -0.05) is 6.07 Å². The Kier molecular flexibility index (Phi) is 2.68. The molecule has 0 spiro atoms. The van der Waals surface area contributed by atoms with E-state index in [0.29, 0.717) is 0 Å². The number of halogens is 1. The molecule has 3 aromatic rings. The summed E-state index contributed by atoms with van der Waals surface area (Å²) >= 11 is 3.68. The number of nitrogens with zero attached hydrogens (tertiary/aromatic N) is 3. The molecular formula is C13H15BrN4. The number of aryl methyl sites for hydroxylation is 2. The van der Waals surface area contributed by atoms with E-state index in [2.05, 4.69) is 55.3 Å². The van der Waals surface area contributed by atoms with Crippen molar-refractivity contribution in [2.75, 3.05) is 7.05 Å². The van der Waals surface area contributed by atoms with Crippen LogP contribution in [-0.2, 0) is 13.6 Å². The largest absolute Gasteiger partial charge is 0.315 e. The molecule has 0 amide bonds. The van der Waals surface area contributed by atoms with E-state index >= 15 is 0 Å². The SMILES string of the molecule is CNCc1c(Br)n2c3ccc(C)cc3nc2n1C. The van der Waals surface area contributed by atoms with E-state index < -0.39 is 0 Å². The molecule has 4 nitrogen and oxygen atoms in total. The number of aromatic nitrogens is 3. The van der Waals surface area contributed by atoms with Gasteiger partial charge in [0.25, 0.3) is 0 Å². The van der Waals surface area contributed by atoms with Gasteiger partial charge in [0.1, 0.15) is 4.60 Å². The normalized spacial score (nSPS) is 11.8. The number of hydrogen-bond acceptors (Lipinski definition) is 2. The van der Waals surface area contributed by atoms with Gasteiger partial charge in [-0.3, -0.25) is 4.40 Å². The van der Waals surface area contributed by atoms with Crippen LogP contribution in [0, 0.1) is 6.92 Å². The minimum atomic E-state index is 0.813. The van der Waals surface area contributed by atoms with Crippen LogP contribution in [0.1, 0.15) is 11.3 Å². The Balaban J connectivity index is 2.41. The molecule has 0 saturated heterocycles. The predicted octanol–water partition coefficient (Wildman–Crippen LogP) is 2.62. The van der Waals surface area contributed by atoms with E-state index in [4.69, 9.17) is 4.98 Å². The summed E-state index contributed by atoms with van der Waals surface area (Å²) in [6, 6.07) is 6.36. The fourth-order valence-electron chi connectivity index (χ4n) is 2.34. The molecule has 2 aromatic heterocycles. The number of rotatable bonds is 2. The molecule has 3 rings (SSSR count). The summed E-state index contributed by atoms with van der Waals surface area (Å²) in [4.78, 5) is 4.71. The maximum absolute atomic E-state index is 4.71. The van der Waals surface area contributed by atoms with E-state index in [1.54, 1.807) is 0 Å². The maximum Gasteiger partial charge on any atom is 0.215 e. The molecule has 0 fully saturated rings. The lowest BCUT2D eigenvalue weighted by molar-refractivity contribution is 0.738. The number of hydrogen-bond donors (Lipinski definition) is 1. The average Bonchev–Trinajstić information content (AvgIpc) is 2.81. The molecule has 0 radical (unpaired) electrons. The summed E-state index contributed by atoms with van der Waals surface area (Å²) in [5.74, 6) is 0.965. The van der Waals surface area contributed by atoms with Crippen LogP contribution in [0.15, 0.2) is 22.8 Å². The first-order valence-electron chi connectivity index (χ1n) is 5.90. The third-order valence-corrected chi connectivity index (χ3v) is 4.09. The highest BCUT2D eigenvalue weighted by molar-refractivity contribution is 9.10. The van der Waals surface area contributed by atoms with Crippen LogP contribution in [0.4, 0.5) is 0 Å². The highest BCUT2D eigenvalue weighted by atomic mass is 79.9. The Bertz CT molecular complexity index is 738. The first-order valence-corrected chi connectivity index (χ1v) is 6.69. The molecule has 0 aliphatic rings. The Morgan fingerprint density at radius 2 is 2.17 bits per heavy atom. The molecule has 0 aliphatic carbocycles. The van der Waals surface area contributed by atoms with Gasteiger partial charge >= 0.3 is 0 Å². The van der Waals surface area contributed by atoms with Gasteiger partial charge in [0.15, 0.2) is 0 Å². The summed E-state index contributed by atoms with van der Waals surface area (Å²) < 4.78 is 5.35. The zero-order valence-electron chi connectivity index (χ0n) is 10.7. The second kappa shape index (κ2) is 4.10. The van der Waals surface area contributed by atoms with Crippen LogP contribution in [0.5, 0.6) is 0 Å².